The van der Waals surface area contributed by atoms with Crippen LogP contribution in [-0.2, 0) is 4.74 Å². The van der Waals surface area contributed by atoms with Crippen LogP contribution in [0.5, 0.6) is 0 Å². The molecule has 0 saturated carbocycles. The zero-order valence-electron chi connectivity index (χ0n) is 11.2. The molecule has 2 unspecified atom stereocenters. The van der Waals surface area contributed by atoms with E-state index in [4.69, 9.17) is 4.74 Å². The van der Waals surface area contributed by atoms with Gasteiger partial charge in [-0.3, -0.25) is 0 Å². The van der Waals surface area contributed by atoms with Crippen molar-refractivity contribution < 1.29 is 4.74 Å². The van der Waals surface area contributed by atoms with E-state index >= 15 is 0 Å². The summed E-state index contributed by atoms with van der Waals surface area (Å²) in [5, 5.41) is 9.22. The van der Waals surface area contributed by atoms with Gasteiger partial charge in [-0.2, -0.15) is 5.26 Å². The summed E-state index contributed by atoms with van der Waals surface area (Å²) in [5.41, 5.74) is 1.59. The molecule has 0 aliphatic carbocycles. The molecule has 0 spiro atoms. The summed E-state index contributed by atoms with van der Waals surface area (Å²) < 4.78 is 5.68. The lowest BCUT2D eigenvalue weighted by molar-refractivity contribution is 0.0296. The zero-order chi connectivity index (χ0) is 13.1. The van der Waals surface area contributed by atoms with Gasteiger partial charge in [-0.05, 0) is 32.4 Å². The van der Waals surface area contributed by atoms with Crippen LogP contribution in [-0.4, -0.2) is 30.3 Å². The highest BCUT2D eigenvalue weighted by atomic mass is 16.5. The van der Waals surface area contributed by atoms with Gasteiger partial charge in [0.1, 0.15) is 11.9 Å². The quantitative estimate of drug-likeness (QED) is 0.802. The van der Waals surface area contributed by atoms with Gasteiger partial charge < -0.3 is 9.64 Å². The van der Waals surface area contributed by atoms with Crippen molar-refractivity contribution in [3.05, 3.63) is 23.4 Å². The number of hydrogen-bond acceptors (Lipinski definition) is 4. The van der Waals surface area contributed by atoms with Crippen molar-refractivity contribution in [3.8, 4) is 6.07 Å². The number of morpholine rings is 1. The summed E-state index contributed by atoms with van der Waals surface area (Å²) in [6, 6.07) is 6.28. The predicted octanol–water partition coefficient (Wildman–Crippen LogP) is 2.27. The van der Waals surface area contributed by atoms with E-state index in [1.54, 1.807) is 0 Å². The number of aromatic nitrogens is 1. The van der Waals surface area contributed by atoms with Crippen molar-refractivity contribution >= 4 is 5.82 Å². The fourth-order valence-electron chi connectivity index (χ4n) is 2.29. The van der Waals surface area contributed by atoms with Crippen molar-refractivity contribution in [2.45, 2.75) is 39.3 Å². The molecular formula is C14H19N3O. The van der Waals surface area contributed by atoms with E-state index in [1.807, 2.05) is 19.1 Å². The zero-order valence-corrected chi connectivity index (χ0v) is 11.2. The Kier molecular flexibility index (Phi) is 3.83. The summed E-state index contributed by atoms with van der Waals surface area (Å²) >= 11 is 0. The summed E-state index contributed by atoms with van der Waals surface area (Å²) in [4.78, 5) is 6.77. The van der Waals surface area contributed by atoms with Gasteiger partial charge in [0.25, 0.3) is 0 Å². The topological polar surface area (TPSA) is 49.1 Å². The van der Waals surface area contributed by atoms with Crippen LogP contribution in [0.2, 0.25) is 0 Å². The molecule has 0 bridgehead atoms. The fourth-order valence-corrected chi connectivity index (χ4v) is 2.29. The van der Waals surface area contributed by atoms with Crippen molar-refractivity contribution in [2.24, 2.45) is 0 Å². The smallest absolute Gasteiger partial charge is 0.147 e. The first-order chi connectivity index (χ1) is 8.65. The molecule has 1 fully saturated rings. The maximum absolute atomic E-state index is 9.22. The Bertz CT molecular complexity index is 467. The molecule has 0 amide bonds. The van der Waals surface area contributed by atoms with Crippen LogP contribution >= 0.6 is 0 Å². The SMILES string of the molecule is CCC1COC(C)CN1c1nc(C)ccc1C#N. The first-order valence-corrected chi connectivity index (χ1v) is 6.41. The Morgan fingerprint density at radius 2 is 2.33 bits per heavy atom. The van der Waals surface area contributed by atoms with E-state index < -0.39 is 0 Å². The van der Waals surface area contributed by atoms with Crippen LogP contribution in [0, 0.1) is 18.3 Å². The van der Waals surface area contributed by atoms with E-state index in [0.29, 0.717) is 18.2 Å². The van der Waals surface area contributed by atoms with E-state index in [1.165, 1.54) is 0 Å². The standard InChI is InChI=1S/C14H19N3O/c1-4-13-9-18-11(3)8-17(13)14-12(7-15)6-5-10(2)16-14/h5-6,11,13H,4,8-9H2,1-3H3. The number of pyridine rings is 1. The van der Waals surface area contributed by atoms with Crippen LogP contribution < -0.4 is 4.90 Å². The van der Waals surface area contributed by atoms with E-state index in [2.05, 4.69) is 29.8 Å². The lowest BCUT2D eigenvalue weighted by Gasteiger charge is -2.39. The molecule has 1 aromatic rings. The molecule has 0 aromatic carbocycles. The first kappa shape index (κ1) is 12.8. The van der Waals surface area contributed by atoms with Gasteiger partial charge in [0.05, 0.1) is 24.3 Å². The molecular weight excluding hydrogens is 226 g/mol. The Hall–Kier alpha value is -1.60. The van der Waals surface area contributed by atoms with E-state index in [0.717, 1.165) is 24.5 Å². The van der Waals surface area contributed by atoms with Crippen LogP contribution in [0.4, 0.5) is 5.82 Å². The monoisotopic (exact) mass is 245 g/mol. The first-order valence-electron chi connectivity index (χ1n) is 6.41. The van der Waals surface area contributed by atoms with Gasteiger partial charge in [-0.1, -0.05) is 6.92 Å². The van der Waals surface area contributed by atoms with Gasteiger partial charge in [-0.25, -0.2) is 4.98 Å². The highest BCUT2D eigenvalue weighted by Crippen LogP contribution is 2.25. The molecule has 0 N–H and O–H groups in total. The third-order valence-electron chi connectivity index (χ3n) is 3.35. The normalized spacial score (nSPS) is 23.8. The van der Waals surface area contributed by atoms with Crippen LogP contribution in [0.15, 0.2) is 12.1 Å². The summed E-state index contributed by atoms with van der Waals surface area (Å²) in [5.74, 6) is 0.805. The number of aryl methyl sites for hydroxylation is 1. The number of nitriles is 1. The number of rotatable bonds is 2. The molecule has 4 heteroatoms. The summed E-state index contributed by atoms with van der Waals surface area (Å²) in [6.45, 7) is 7.65. The van der Waals surface area contributed by atoms with Crippen LogP contribution in [0.3, 0.4) is 0 Å². The second-order valence-electron chi connectivity index (χ2n) is 4.79. The molecule has 4 nitrogen and oxygen atoms in total. The second kappa shape index (κ2) is 5.36. The molecule has 1 aliphatic rings. The average molecular weight is 245 g/mol. The molecule has 2 atom stereocenters. The van der Waals surface area contributed by atoms with E-state index in [9.17, 15) is 5.26 Å². The summed E-state index contributed by atoms with van der Waals surface area (Å²) in [6.07, 6.45) is 1.18. The highest BCUT2D eigenvalue weighted by Gasteiger charge is 2.28. The molecule has 1 aliphatic heterocycles. The minimum absolute atomic E-state index is 0.182. The second-order valence-corrected chi connectivity index (χ2v) is 4.79. The fraction of sp³-hybridized carbons (Fsp3) is 0.571. The maximum atomic E-state index is 9.22. The number of ether oxygens (including phenoxy) is 1. The minimum Gasteiger partial charge on any atom is -0.375 e. The van der Waals surface area contributed by atoms with Crippen molar-refractivity contribution in [1.82, 2.24) is 4.98 Å². The molecule has 0 radical (unpaired) electrons. The molecule has 2 heterocycles. The Balaban J connectivity index is 2.38. The maximum Gasteiger partial charge on any atom is 0.147 e. The van der Waals surface area contributed by atoms with Gasteiger partial charge in [-0.15, -0.1) is 0 Å². The third-order valence-corrected chi connectivity index (χ3v) is 3.35. The Labute approximate surface area is 108 Å². The van der Waals surface area contributed by atoms with E-state index in [-0.39, 0.29) is 6.10 Å². The number of nitrogens with zero attached hydrogens (tertiary/aromatic N) is 3. The Morgan fingerprint density at radius 3 is 3.00 bits per heavy atom. The molecule has 1 aromatic heterocycles. The molecule has 96 valence electrons. The lowest BCUT2D eigenvalue weighted by Crippen LogP contribution is -2.49. The van der Waals surface area contributed by atoms with Gasteiger partial charge in [0.15, 0.2) is 0 Å². The number of hydrogen-bond donors (Lipinski definition) is 0. The van der Waals surface area contributed by atoms with Gasteiger partial charge in [0, 0.05) is 12.2 Å². The highest BCUT2D eigenvalue weighted by molar-refractivity contribution is 5.55. The molecule has 2 rings (SSSR count). The average Bonchev–Trinajstić information content (AvgIpc) is 2.38. The van der Waals surface area contributed by atoms with Crippen LogP contribution in [0.25, 0.3) is 0 Å². The third kappa shape index (κ3) is 2.46. The predicted molar refractivity (Wildman–Crippen MR) is 70.5 cm³/mol. The van der Waals surface area contributed by atoms with Gasteiger partial charge >= 0.3 is 0 Å². The van der Waals surface area contributed by atoms with Crippen molar-refractivity contribution in [3.63, 3.8) is 0 Å². The van der Waals surface area contributed by atoms with Crippen LogP contribution in [0.1, 0.15) is 31.5 Å². The Morgan fingerprint density at radius 1 is 1.56 bits per heavy atom. The van der Waals surface area contributed by atoms with Crippen molar-refractivity contribution in [1.29, 1.82) is 5.26 Å². The lowest BCUT2D eigenvalue weighted by atomic mass is 10.1. The minimum atomic E-state index is 0.182. The van der Waals surface area contributed by atoms with Crippen molar-refractivity contribution in [2.75, 3.05) is 18.1 Å². The summed E-state index contributed by atoms with van der Waals surface area (Å²) in [7, 11) is 0. The molecule has 18 heavy (non-hydrogen) atoms. The number of anilines is 1. The largest absolute Gasteiger partial charge is 0.375 e. The van der Waals surface area contributed by atoms with Gasteiger partial charge in [0.2, 0.25) is 0 Å². The molecule has 1 saturated heterocycles.